The Morgan fingerprint density at radius 3 is 2.62 bits per heavy atom. The van der Waals surface area contributed by atoms with Gasteiger partial charge < -0.3 is 5.73 Å². The zero-order valence-corrected chi connectivity index (χ0v) is 10.2. The molecule has 0 spiro atoms. The summed E-state index contributed by atoms with van der Waals surface area (Å²) >= 11 is 0. The fraction of sp³-hybridized carbons (Fsp3) is 0.333. The smallest absolute Gasteiger partial charge is 0.270 e. The molecule has 0 saturated heterocycles. The van der Waals surface area contributed by atoms with E-state index in [9.17, 15) is 8.42 Å². The van der Waals surface area contributed by atoms with Crippen molar-refractivity contribution in [1.82, 2.24) is 4.31 Å². The molecule has 2 N–H and O–H groups in total. The molecule has 0 saturated carbocycles. The van der Waals surface area contributed by atoms with Gasteiger partial charge in [-0.3, -0.25) is 4.31 Å². The Bertz CT molecular complexity index is 500. The Labute approximate surface area is 94.9 Å². The third-order valence-corrected chi connectivity index (χ3v) is 3.94. The largest absolute Gasteiger partial charge is 0.403 e. The summed E-state index contributed by atoms with van der Waals surface area (Å²) in [6.45, 7) is 3.37. The van der Waals surface area contributed by atoms with Crippen LogP contribution in [0.25, 0.3) is 0 Å². The van der Waals surface area contributed by atoms with Crippen LogP contribution in [0.5, 0.6) is 0 Å². The van der Waals surface area contributed by atoms with E-state index >= 15 is 0 Å². The SMILES string of the molecule is C\C=C/N=C1/N=C(C)N(C)S(=O)(=O)/C1=C/N. The van der Waals surface area contributed by atoms with Crippen LogP contribution in [0.3, 0.4) is 0 Å². The summed E-state index contributed by atoms with van der Waals surface area (Å²) in [4.78, 5) is 7.91. The van der Waals surface area contributed by atoms with Gasteiger partial charge in [-0.25, -0.2) is 18.4 Å². The number of aliphatic imine (C=N–C) groups is 2. The first kappa shape index (κ1) is 12.4. The first-order chi connectivity index (χ1) is 7.45. The number of hydrogen-bond acceptors (Lipinski definition) is 4. The van der Waals surface area contributed by atoms with Gasteiger partial charge in [-0.15, -0.1) is 0 Å². The minimum Gasteiger partial charge on any atom is -0.403 e. The summed E-state index contributed by atoms with van der Waals surface area (Å²) in [7, 11) is -2.19. The first-order valence-electron chi connectivity index (χ1n) is 4.60. The maximum atomic E-state index is 11.9. The van der Waals surface area contributed by atoms with Crippen molar-refractivity contribution in [1.29, 1.82) is 0 Å². The van der Waals surface area contributed by atoms with Gasteiger partial charge in [-0.1, -0.05) is 6.08 Å². The van der Waals surface area contributed by atoms with Gasteiger partial charge in [-0.2, -0.15) is 0 Å². The molecule has 0 bridgehead atoms. The van der Waals surface area contributed by atoms with E-state index in [1.165, 1.54) is 13.2 Å². The molecule has 0 amide bonds. The van der Waals surface area contributed by atoms with Gasteiger partial charge in [0.05, 0.1) is 0 Å². The molecule has 7 heteroatoms. The van der Waals surface area contributed by atoms with E-state index in [-0.39, 0.29) is 10.7 Å². The topological polar surface area (TPSA) is 88.1 Å². The highest BCUT2D eigenvalue weighted by Gasteiger charge is 2.32. The second-order valence-electron chi connectivity index (χ2n) is 3.10. The molecule has 0 unspecified atom stereocenters. The number of amidine groups is 2. The van der Waals surface area contributed by atoms with Crippen LogP contribution < -0.4 is 5.73 Å². The fourth-order valence-electron chi connectivity index (χ4n) is 1.11. The first-order valence-corrected chi connectivity index (χ1v) is 6.04. The predicted molar refractivity (Wildman–Crippen MR) is 64.3 cm³/mol. The number of rotatable bonds is 1. The average molecular weight is 242 g/mol. The number of nitrogens with two attached hydrogens (primary N) is 1. The van der Waals surface area contributed by atoms with E-state index in [1.54, 1.807) is 19.9 Å². The van der Waals surface area contributed by atoms with Crippen LogP contribution in [0.1, 0.15) is 13.8 Å². The van der Waals surface area contributed by atoms with Gasteiger partial charge in [-0.05, 0) is 13.8 Å². The monoisotopic (exact) mass is 242 g/mol. The predicted octanol–water partition coefficient (Wildman–Crippen LogP) is 0.412. The zero-order valence-electron chi connectivity index (χ0n) is 9.38. The molecule has 1 aliphatic heterocycles. The van der Waals surface area contributed by atoms with Crippen LogP contribution in [0.15, 0.2) is 33.4 Å². The minimum atomic E-state index is -3.61. The Hall–Kier alpha value is -1.63. The Morgan fingerprint density at radius 1 is 1.50 bits per heavy atom. The van der Waals surface area contributed by atoms with Gasteiger partial charge in [0.1, 0.15) is 10.7 Å². The molecule has 0 fully saturated rings. The van der Waals surface area contributed by atoms with E-state index < -0.39 is 10.0 Å². The third-order valence-electron chi connectivity index (χ3n) is 2.08. The van der Waals surface area contributed by atoms with Crippen LogP contribution in [-0.4, -0.2) is 31.4 Å². The van der Waals surface area contributed by atoms with E-state index in [2.05, 4.69) is 9.98 Å². The summed E-state index contributed by atoms with van der Waals surface area (Å²) in [5.74, 6) is 0.463. The molecule has 0 aromatic heterocycles. The molecule has 1 heterocycles. The number of hydrogen-bond donors (Lipinski definition) is 1. The van der Waals surface area contributed by atoms with Crippen LogP contribution in [0.2, 0.25) is 0 Å². The highest BCUT2D eigenvalue weighted by Crippen LogP contribution is 2.19. The van der Waals surface area contributed by atoms with Gasteiger partial charge in [0, 0.05) is 19.4 Å². The number of allylic oxidation sites excluding steroid dienone is 1. The van der Waals surface area contributed by atoms with Crippen molar-refractivity contribution in [3.8, 4) is 0 Å². The van der Waals surface area contributed by atoms with Gasteiger partial charge >= 0.3 is 0 Å². The van der Waals surface area contributed by atoms with Gasteiger partial charge in [0.25, 0.3) is 10.0 Å². The normalized spacial score (nSPS) is 25.4. The minimum absolute atomic E-state index is 0.0845. The maximum Gasteiger partial charge on any atom is 0.270 e. The van der Waals surface area contributed by atoms with Crippen LogP contribution >= 0.6 is 0 Å². The lowest BCUT2D eigenvalue weighted by atomic mass is 10.5. The molecule has 0 radical (unpaired) electrons. The average Bonchev–Trinajstić information content (AvgIpc) is 2.23. The third kappa shape index (κ3) is 1.99. The van der Waals surface area contributed by atoms with Crippen molar-refractivity contribution in [2.45, 2.75) is 13.8 Å². The lowest BCUT2D eigenvalue weighted by Gasteiger charge is -2.24. The van der Waals surface area contributed by atoms with Crippen molar-refractivity contribution in [2.24, 2.45) is 15.7 Å². The van der Waals surface area contributed by atoms with Crippen molar-refractivity contribution in [2.75, 3.05) is 7.05 Å². The van der Waals surface area contributed by atoms with Crippen molar-refractivity contribution in [3.63, 3.8) is 0 Å². The quantitative estimate of drug-likeness (QED) is 0.722. The standard InChI is InChI=1S/C9H14N4O2S/c1-4-5-11-9-8(6-10)16(14,15)13(3)7(2)12-9/h4-6H,10H2,1-3H3/b5-4-,8-6+,11-9+. The van der Waals surface area contributed by atoms with Crippen LogP contribution in [0, 0.1) is 0 Å². The number of sulfonamides is 1. The summed E-state index contributed by atoms with van der Waals surface area (Å²) in [5.41, 5.74) is 5.31. The Balaban J connectivity index is 3.43. The summed E-state index contributed by atoms with van der Waals surface area (Å²) in [6.07, 6.45) is 4.15. The molecule has 0 aromatic rings. The summed E-state index contributed by atoms with van der Waals surface area (Å²) in [6, 6.07) is 0. The Kier molecular flexibility index (Phi) is 3.48. The number of nitrogens with zero attached hydrogens (tertiary/aromatic N) is 3. The van der Waals surface area contributed by atoms with Gasteiger partial charge in [0.15, 0.2) is 5.84 Å². The molecule has 88 valence electrons. The lowest BCUT2D eigenvalue weighted by Crippen LogP contribution is -2.39. The van der Waals surface area contributed by atoms with E-state index in [0.717, 1.165) is 10.5 Å². The van der Waals surface area contributed by atoms with Crippen molar-refractivity contribution < 1.29 is 8.42 Å². The second-order valence-corrected chi connectivity index (χ2v) is 5.04. The van der Waals surface area contributed by atoms with E-state index in [4.69, 9.17) is 5.73 Å². The van der Waals surface area contributed by atoms with Crippen molar-refractivity contribution >= 4 is 21.7 Å². The molecular weight excluding hydrogens is 228 g/mol. The second kappa shape index (κ2) is 4.48. The van der Waals surface area contributed by atoms with Crippen LogP contribution in [-0.2, 0) is 10.0 Å². The molecule has 0 aromatic carbocycles. The van der Waals surface area contributed by atoms with E-state index in [0.29, 0.717) is 5.84 Å². The lowest BCUT2D eigenvalue weighted by molar-refractivity contribution is 0.559. The molecule has 6 nitrogen and oxygen atoms in total. The van der Waals surface area contributed by atoms with E-state index in [1.807, 2.05) is 0 Å². The maximum absolute atomic E-state index is 11.9. The fourth-order valence-corrected chi connectivity index (χ4v) is 2.30. The Morgan fingerprint density at radius 2 is 2.12 bits per heavy atom. The molecule has 0 aliphatic carbocycles. The molecule has 16 heavy (non-hydrogen) atoms. The van der Waals surface area contributed by atoms with Crippen LogP contribution in [0.4, 0.5) is 0 Å². The molecule has 0 atom stereocenters. The molecular formula is C9H14N4O2S. The zero-order chi connectivity index (χ0) is 12.3. The molecule has 1 aliphatic rings. The van der Waals surface area contributed by atoms with Crippen molar-refractivity contribution in [3.05, 3.63) is 23.4 Å². The highest BCUT2D eigenvalue weighted by molar-refractivity contribution is 7.94. The van der Waals surface area contributed by atoms with Gasteiger partial charge in [0.2, 0.25) is 0 Å². The highest BCUT2D eigenvalue weighted by atomic mass is 32.2. The summed E-state index contributed by atoms with van der Waals surface area (Å²) in [5, 5.41) is 0. The molecule has 1 rings (SSSR count). The summed E-state index contributed by atoms with van der Waals surface area (Å²) < 4.78 is 24.9.